The van der Waals surface area contributed by atoms with Gasteiger partial charge in [-0.25, -0.2) is 18.3 Å². The number of ether oxygens (including phenoxy) is 2. The van der Waals surface area contributed by atoms with Crippen molar-refractivity contribution in [2.45, 2.75) is 71.2 Å². The quantitative estimate of drug-likeness (QED) is 0.360. The van der Waals surface area contributed by atoms with Crippen LogP contribution in [0.15, 0.2) is 30.5 Å². The molecule has 2 fully saturated rings. The van der Waals surface area contributed by atoms with Gasteiger partial charge >= 0.3 is 6.09 Å². The summed E-state index contributed by atoms with van der Waals surface area (Å²) in [5.41, 5.74) is 0.832. The number of rotatable bonds is 6. The zero-order chi connectivity index (χ0) is 31.3. The summed E-state index contributed by atoms with van der Waals surface area (Å²) in [6, 6.07) is 5.36. The molecule has 0 bridgehead atoms. The SMILES string of the molecule is COc1ccc(-c2cn(CC3C(C4CC4)CCN3C(=O)c3ccc(F)c4c3CCN(C(=O)OC(C)(C)C)C4)nn2)c(F)c1F. The summed E-state index contributed by atoms with van der Waals surface area (Å²) >= 11 is 0. The molecule has 0 N–H and O–H groups in total. The molecule has 0 radical (unpaired) electrons. The topological polar surface area (TPSA) is 89.8 Å². The van der Waals surface area contributed by atoms with Crippen LogP contribution in [0.25, 0.3) is 11.3 Å². The molecule has 2 amide bonds. The van der Waals surface area contributed by atoms with E-state index < -0.39 is 29.1 Å². The lowest BCUT2D eigenvalue weighted by Crippen LogP contribution is -2.43. The van der Waals surface area contributed by atoms with Gasteiger partial charge in [-0.3, -0.25) is 4.79 Å². The highest BCUT2D eigenvalue weighted by atomic mass is 19.2. The Balaban J connectivity index is 1.25. The number of carbonyl (C=O) groups is 2. The third-order valence-electron chi connectivity index (χ3n) is 8.78. The van der Waals surface area contributed by atoms with Crippen molar-refractivity contribution in [2.24, 2.45) is 11.8 Å². The Morgan fingerprint density at radius 2 is 1.77 bits per heavy atom. The average Bonchev–Trinajstić information content (AvgIpc) is 3.58. The lowest BCUT2D eigenvalue weighted by molar-refractivity contribution is 0.0221. The minimum absolute atomic E-state index is 0.0234. The van der Waals surface area contributed by atoms with Crippen LogP contribution in [0, 0.1) is 29.3 Å². The minimum Gasteiger partial charge on any atom is -0.494 e. The summed E-state index contributed by atoms with van der Waals surface area (Å²) in [7, 11) is 1.26. The molecule has 12 heteroatoms. The zero-order valence-corrected chi connectivity index (χ0v) is 25.3. The number of hydrogen-bond acceptors (Lipinski definition) is 6. The first-order chi connectivity index (χ1) is 20.9. The van der Waals surface area contributed by atoms with Crippen LogP contribution in [0.1, 0.15) is 61.5 Å². The number of aromatic nitrogens is 3. The second kappa shape index (κ2) is 11.4. The van der Waals surface area contributed by atoms with Crippen LogP contribution in [0.3, 0.4) is 0 Å². The molecule has 2 aliphatic heterocycles. The van der Waals surface area contributed by atoms with E-state index in [1.54, 1.807) is 31.6 Å². The van der Waals surface area contributed by atoms with E-state index in [0.29, 0.717) is 48.7 Å². The van der Waals surface area contributed by atoms with Crippen LogP contribution in [-0.2, 0) is 24.2 Å². The van der Waals surface area contributed by atoms with Gasteiger partial charge in [-0.1, -0.05) is 5.21 Å². The number of methoxy groups -OCH3 is 1. The third kappa shape index (κ3) is 5.73. The number of carbonyl (C=O) groups excluding carboxylic acids is 2. The van der Waals surface area contributed by atoms with Gasteiger partial charge in [0.05, 0.1) is 32.4 Å². The van der Waals surface area contributed by atoms with Crippen molar-refractivity contribution < 1.29 is 32.2 Å². The van der Waals surface area contributed by atoms with E-state index in [1.165, 1.54) is 36.3 Å². The van der Waals surface area contributed by atoms with E-state index in [4.69, 9.17) is 9.47 Å². The highest BCUT2D eigenvalue weighted by Crippen LogP contribution is 2.45. The predicted octanol–water partition coefficient (Wildman–Crippen LogP) is 5.61. The molecule has 0 spiro atoms. The van der Waals surface area contributed by atoms with Crippen LogP contribution in [0.5, 0.6) is 5.75 Å². The van der Waals surface area contributed by atoms with Gasteiger partial charge in [0.2, 0.25) is 5.82 Å². The zero-order valence-electron chi connectivity index (χ0n) is 25.3. The molecule has 3 aliphatic rings. The standard InChI is InChI=1S/C32H36F3N5O4/c1-32(2,3)44-31(42)38-13-11-20-21(7-9-24(33)23(20)15-38)30(41)40-14-12-19(18-5-6-18)26(40)17-39-16-25(36-37-39)22-8-10-27(43-4)29(35)28(22)34/h7-10,16,18-19,26H,5-6,11-15,17H2,1-4H3. The molecule has 1 aromatic heterocycles. The summed E-state index contributed by atoms with van der Waals surface area (Å²) in [6.45, 7) is 6.53. The Kier molecular flexibility index (Phi) is 7.79. The fraction of sp³-hybridized carbons (Fsp3) is 0.500. The Labute approximate surface area is 253 Å². The lowest BCUT2D eigenvalue weighted by Gasteiger charge is -2.33. The number of nitrogens with zero attached hydrogens (tertiary/aromatic N) is 5. The summed E-state index contributed by atoms with van der Waals surface area (Å²) in [6.07, 6.45) is 4.38. The molecular weight excluding hydrogens is 575 g/mol. The van der Waals surface area contributed by atoms with Crippen molar-refractivity contribution in [3.05, 3.63) is 64.6 Å². The minimum atomic E-state index is -1.10. The normalized spacial score (nSPS) is 20.1. The van der Waals surface area contributed by atoms with E-state index in [2.05, 4.69) is 10.3 Å². The van der Waals surface area contributed by atoms with Gasteiger partial charge in [0.25, 0.3) is 5.91 Å². The monoisotopic (exact) mass is 611 g/mol. The molecule has 44 heavy (non-hydrogen) atoms. The molecule has 1 aliphatic carbocycles. The number of hydrogen-bond donors (Lipinski definition) is 0. The molecule has 3 heterocycles. The maximum Gasteiger partial charge on any atom is 0.410 e. The maximum absolute atomic E-state index is 15.1. The molecule has 2 aromatic carbocycles. The second-order valence-electron chi connectivity index (χ2n) is 12.8. The molecular formula is C32H36F3N5O4. The average molecular weight is 612 g/mol. The van der Waals surface area contributed by atoms with Gasteiger partial charge in [0.15, 0.2) is 11.6 Å². The van der Waals surface area contributed by atoms with Gasteiger partial charge in [-0.15, -0.1) is 5.10 Å². The second-order valence-corrected chi connectivity index (χ2v) is 12.8. The number of amides is 2. The van der Waals surface area contributed by atoms with Crippen LogP contribution in [0.2, 0.25) is 0 Å². The van der Waals surface area contributed by atoms with E-state index in [0.717, 1.165) is 19.3 Å². The van der Waals surface area contributed by atoms with Crippen molar-refractivity contribution >= 4 is 12.0 Å². The van der Waals surface area contributed by atoms with Crippen molar-refractivity contribution in [3.63, 3.8) is 0 Å². The van der Waals surface area contributed by atoms with E-state index >= 15 is 4.39 Å². The lowest BCUT2D eigenvalue weighted by atomic mass is 9.92. The van der Waals surface area contributed by atoms with Crippen molar-refractivity contribution in [1.29, 1.82) is 0 Å². The predicted molar refractivity (Wildman–Crippen MR) is 154 cm³/mol. The molecule has 1 saturated heterocycles. The molecule has 9 nitrogen and oxygen atoms in total. The molecule has 6 rings (SSSR count). The summed E-state index contributed by atoms with van der Waals surface area (Å²) in [5, 5.41) is 8.28. The smallest absolute Gasteiger partial charge is 0.410 e. The summed E-state index contributed by atoms with van der Waals surface area (Å²) in [5.74, 6) is -2.28. The van der Waals surface area contributed by atoms with Crippen LogP contribution in [0.4, 0.5) is 18.0 Å². The van der Waals surface area contributed by atoms with Crippen molar-refractivity contribution in [1.82, 2.24) is 24.8 Å². The molecule has 1 saturated carbocycles. The largest absolute Gasteiger partial charge is 0.494 e. The van der Waals surface area contributed by atoms with Crippen LogP contribution in [-0.4, -0.2) is 68.6 Å². The van der Waals surface area contributed by atoms with E-state index in [1.807, 2.05) is 4.90 Å². The van der Waals surface area contributed by atoms with Gasteiger partial charge in [-0.2, -0.15) is 4.39 Å². The highest BCUT2D eigenvalue weighted by molar-refractivity contribution is 5.96. The van der Waals surface area contributed by atoms with Gasteiger partial charge in [0, 0.05) is 29.8 Å². The molecule has 3 aromatic rings. The summed E-state index contributed by atoms with van der Waals surface area (Å²) in [4.78, 5) is 30.1. The Hall–Kier alpha value is -4.09. The fourth-order valence-corrected chi connectivity index (χ4v) is 6.50. The number of halogens is 3. The third-order valence-corrected chi connectivity index (χ3v) is 8.78. The summed E-state index contributed by atoms with van der Waals surface area (Å²) < 4.78 is 56.1. The van der Waals surface area contributed by atoms with Crippen LogP contribution >= 0.6 is 0 Å². The van der Waals surface area contributed by atoms with Crippen molar-refractivity contribution in [3.8, 4) is 17.0 Å². The van der Waals surface area contributed by atoms with Gasteiger partial charge < -0.3 is 19.3 Å². The Morgan fingerprint density at radius 1 is 1.00 bits per heavy atom. The van der Waals surface area contributed by atoms with E-state index in [-0.39, 0.29) is 41.4 Å². The first-order valence-electron chi connectivity index (χ1n) is 15.0. The number of fused-ring (bicyclic) bond motifs is 1. The molecule has 2 atom stereocenters. The molecule has 234 valence electrons. The fourth-order valence-electron chi connectivity index (χ4n) is 6.50. The number of likely N-dealkylation sites (tertiary alicyclic amines) is 1. The first-order valence-corrected chi connectivity index (χ1v) is 15.0. The number of benzene rings is 2. The maximum atomic E-state index is 15.1. The highest BCUT2D eigenvalue weighted by Gasteiger charge is 2.45. The van der Waals surface area contributed by atoms with Crippen molar-refractivity contribution in [2.75, 3.05) is 20.2 Å². The van der Waals surface area contributed by atoms with Gasteiger partial charge in [0.1, 0.15) is 17.1 Å². The van der Waals surface area contributed by atoms with Crippen LogP contribution < -0.4 is 4.74 Å². The van der Waals surface area contributed by atoms with E-state index in [9.17, 15) is 18.4 Å². The van der Waals surface area contributed by atoms with Gasteiger partial charge in [-0.05, 0) is 88.1 Å². The Bertz CT molecular complexity index is 1600. The Morgan fingerprint density at radius 3 is 2.48 bits per heavy atom. The first kappa shape index (κ1) is 30.0. The molecule has 2 unspecified atom stereocenters.